The van der Waals surface area contributed by atoms with E-state index in [9.17, 15) is 0 Å². The fraction of sp³-hybridized carbons (Fsp3) is 0.250. The highest BCUT2D eigenvalue weighted by molar-refractivity contribution is 5.62. The van der Waals surface area contributed by atoms with Crippen LogP contribution in [0.1, 0.15) is 31.9 Å². The van der Waals surface area contributed by atoms with E-state index >= 15 is 0 Å². The maximum Gasteiger partial charge on any atom is 0.224 e. The van der Waals surface area contributed by atoms with Gasteiger partial charge in [-0.1, -0.05) is 45.0 Å². The van der Waals surface area contributed by atoms with E-state index in [1.54, 1.807) is 12.4 Å². The number of para-hydroxylation sites is 1. The Hall–Kier alpha value is -2.95. The molecule has 5 heteroatoms. The molecule has 5 nitrogen and oxygen atoms in total. The summed E-state index contributed by atoms with van der Waals surface area (Å²) in [6.07, 6.45) is 5.34. The van der Waals surface area contributed by atoms with Gasteiger partial charge in [-0.05, 0) is 34.7 Å². The third kappa shape index (κ3) is 4.53. The first-order valence-electron chi connectivity index (χ1n) is 8.35. The zero-order valence-corrected chi connectivity index (χ0v) is 14.8. The summed E-state index contributed by atoms with van der Waals surface area (Å²) in [4.78, 5) is 12.9. The number of hydrogen-bond donors (Lipinski definition) is 2. The Morgan fingerprint density at radius 3 is 2.56 bits per heavy atom. The lowest BCUT2D eigenvalue weighted by Gasteiger charge is -2.23. The number of pyridine rings is 1. The number of benzene rings is 1. The van der Waals surface area contributed by atoms with Gasteiger partial charge in [-0.15, -0.1) is 0 Å². The van der Waals surface area contributed by atoms with Crippen LogP contribution in [0, 0.1) is 0 Å². The van der Waals surface area contributed by atoms with Crippen LogP contribution in [-0.4, -0.2) is 15.0 Å². The Labute approximate surface area is 148 Å². The normalized spacial score (nSPS) is 11.2. The van der Waals surface area contributed by atoms with Crippen molar-refractivity contribution < 1.29 is 0 Å². The van der Waals surface area contributed by atoms with Crippen LogP contribution in [0.5, 0.6) is 0 Å². The number of hydrogen-bond acceptors (Lipinski definition) is 5. The molecule has 0 aliphatic carbocycles. The van der Waals surface area contributed by atoms with E-state index in [-0.39, 0.29) is 5.41 Å². The minimum absolute atomic E-state index is 0.0536. The van der Waals surface area contributed by atoms with Crippen molar-refractivity contribution in [2.24, 2.45) is 0 Å². The van der Waals surface area contributed by atoms with Gasteiger partial charge in [0.1, 0.15) is 5.82 Å². The Morgan fingerprint density at radius 1 is 0.960 bits per heavy atom. The lowest BCUT2D eigenvalue weighted by molar-refractivity contribution is 0.592. The molecular weight excluding hydrogens is 310 g/mol. The average molecular weight is 333 g/mol. The number of aromatic nitrogens is 3. The van der Waals surface area contributed by atoms with Gasteiger partial charge in [0.2, 0.25) is 5.95 Å². The molecule has 0 bridgehead atoms. The highest BCUT2D eigenvalue weighted by atomic mass is 15.1. The maximum atomic E-state index is 4.55. The van der Waals surface area contributed by atoms with Crippen LogP contribution in [0.2, 0.25) is 0 Å². The minimum atomic E-state index is 0.0536. The molecule has 1 aromatic carbocycles. The summed E-state index contributed by atoms with van der Waals surface area (Å²) < 4.78 is 0. The molecule has 3 aromatic rings. The lowest BCUT2D eigenvalue weighted by Crippen LogP contribution is -2.14. The van der Waals surface area contributed by atoms with Crippen LogP contribution in [-0.2, 0) is 12.0 Å². The van der Waals surface area contributed by atoms with Crippen molar-refractivity contribution >= 4 is 17.5 Å². The highest BCUT2D eigenvalue weighted by Gasteiger charge is 2.17. The average Bonchev–Trinajstić information content (AvgIpc) is 2.61. The quantitative estimate of drug-likeness (QED) is 0.718. The fourth-order valence-electron chi connectivity index (χ4n) is 2.58. The van der Waals surface area contributed by atoms with Gasteiger partial charge in [0.15, 0.2) is 0 Å². The Morgan fingerprint density at radius 2 is 1.80 bits per heavy atom. The van der Waals surface area contributed by atoms with Crippen molar-refractivity contribution in [1.82, 2.24) is 15.0 Å². The first kappa shape index (κ1) is 16.9. The van der Waals surface area contributed by atoms with E-state index in [4.69, 9.17) is 0 Å². The number of nitrogens with zero attached hydrogens (tertiary/aromatic N) is 3. The van der Waals surface area contributed by atoms with Gasteiger partial charge in [0, 0.05) is 30.8 Å². The minimum Gasteiger partial charge on any atom is -0.350 e. The van der Waals surface area contributed by atoms with Crippen LogP contribution >= 0.6 is 0 Å². The predicted octanol–water partition coefficient (Wildman–Crippen LogP) is 4.52. The van der Waals surface area contributed by atoms with E-state index in [2.05, 4.69) is 64.6 Å². The molecule has 0 spiro atoms. The second kappa shape index (κ2) is 7.30. The number of rotatable bonds is 5. The van der Waals surface area contributed by atoms with Gasteiger partial charge in [-0.3, -0.25) is 4.98 Å². The van der Waals surface area contributed by atoms with Crippen LogP contribution in [0.25, 0.3) is 0 Å². The van der Waals surface area contributed by atoms with Crippen LogP contribution in [0.3, 0.4) is 0 Å². The molecule has 0 aliphatic heterocycles. The Kier molecular flexibility index (Phi) is 4.93. The second-order valence-electron chi connectivity index (χ2n) is 6.90. The van der Waals surface area contributed by atoms with Gasteiger partial charge in [0.25, 0.3) is 0 Å². The molecule has 2 N–H and O–H groups in total. The van der Waals surface area contributed by atoms with Crippen LogP contribution in [0.15, 0.2) is 61.1 Å². The van der Waals surface area contributed by atoms with Crippen molar-refractivity contribution in [2.45, 2.75) is 32.7 Å². The molecular formula is C20H23N5. The van der Waals surface area contributed by atoms with Crippen LogP contribution < -0.4 is 10.6 Å². The highest BCUT2D eigenvalue weighted by Crippen LogP contribution is 2.30. The van der Waals surface area contributed by atoms with Gasteiger partial charge >= 0.3 is 0 Å². The molecule has 0 radical (unpaired) electrons. The standard InChI is InChI=1S/C20H23N5/c1-20(2,3)16-8-4-5-9-17(16)24-18-10-12-22-19(25-18)23-14-15-7-6-11-21-13-15/h4-13H,14H2,1-3H3,(H2,22,23,24,25). The molecule has 0 saturated carbocycles. The van der Waals surface area contributed by atoms with E-state index in [0.29, 0.717) is 12.5 Å². The van der Waals surface area contributed by atoms with Crippen molar-refractivity contribution in [2.75, 3.05) is 10.6 Å². The number of anilines is 3. The maximum absolute atomic E-state index is 4.55. The zero-order valence-electron chi connectivity index (χ0n) is 14.8. The largest absolute Gasteiger partial charge is 0.350 e. The molecule has 3 rings (SSSR count). The summed E-state index contributed by atoms with van der Waals surface area (Å²) in [5.74, 6) is 1.35. The van der Waals surface area contributed by atoms with Crippen molar-refractivity contribution in [3.05, 3.63) is 72.2 Å². The molecule has 128 valence electrons. The number of nitrogens with one attached hydrogen (secondary N) is 2. The van der Waals surface area contributed by atoms with Crippen molar-refractivity contribution in [3.63, 3.8) is 0 Å². The lowest BCUT2D eigenvalue weighted by atomic mass is 9.86. The molecule has 0 saturated heterocycles. The van der Waals surface area contributed by atoms with Crippen molar-refractivity contribution in [3.8, 4) is 0 Å². The third-order valence-electron chi connectivity index (χ3n) is 3.83. The van der Waals surface area contributed by atoms with Gasteiger partial charge < -0.3 is 10.6 Å². The summed E-state index contributed by atoms with van der Waals surface area (Å²) in [5, 5.41) is 6.64. The van der Waals surface area contributed by atoms with Gasteiger partial charge in [0.05, 0.1) is 0 Å². The molecule has 25 heavy (non-hydrogen) atoms. The second-order valence-corrected chi connectivity index (χ2v) is 6.90. The van der Waals surface area contributed by atoms with Gasteiger partial charge in [-0.2, -0.15) is 4.98 Å². The van der Waals surface area contributed by atoms with Crippen molar-refractivity contribution in [1.29, 1.82) is 0 Å². The molecule has 0 aliphatic rings. The summed E-state index contributed by atoms with van der Waals surface area (Å²) in [6.45, 7) is 7.24. The fourth-order valence-corrected chi connectivity index (χ4v) is 2.58. The Bertz CT molecular complexity index is 825. The van der Waals surface area contributed by atoms with E-state index in [1.807, 2.05) is 30.5 Å². The van der Waals surface area contributed by atoms with E-state index < -0.39 is 0 Å². The summed E-state index contributed by atoms with van der Waals surface area (Å²) in [5.41, 5.74) is 3.45. The van der Waals surface area contributed by atoms with Gasteiger partial charge in [-0.25, -0.2) is 4.98 Å². The first-order valence-corrected chi connectivity index (χ1v) is 8.35. The summed E-state index contributed by atoms with van der Waals surface area (Å²) >= 11 is 0. The van der Waals surface area contributed by atoms with E-state index in [0.717, 1.165) is 17.1 Å². The molecule has 0 fully saturated rings. The Balaban J connectivity index is 1.74. The molecule has 0 atom stereocenters. The first-order chi connectivity index (χ1) is 12.0. The van der Waals surface area contributed by atoms with E-state index in [1.165, 1.54) is 5.56 Å². The molecule has 2 aromatic heterocycles. The zero-order chi connectivity index (χ0) is 17.7. The SMILES string of the molecule is CC(C)(C)c1ccccc1Nc1ccnc(NCc2cccnc2)n1. The third-order valence-corrected chi connectivity index (χ3v) is 3.83. The monoisotopic (exact) mass is 333 g/mol. The topological polar surface area (TPSA) is 62.7 Å². The smallest absolute Gasteiger partial charge is 0.224 e. The molecule has 0 amide bonds. The summed E-state index contributed by atoms with van der Waals surface area (Å²) in [7, 11) is 0. The van der Waals surface area contributed by atoms with Crippen LogP contribution in [0.4, 0.5) is 17.5 Å². The predicted molar refractivity (Wildman–Crippen MR) is 102 cm³/mol. The molecule has 2 heterocycles. The molecule has 0 unspecified atom stereocenters. The summed E-state index contributed by atoms with van der Waals surface area (Å²) in [6, 6.07) is 14.1.